The smallest absolute Gasteiger partial charge is 0.356 e. The number of carbonyl (C=O) groups is 1. The number of hydrogen-bond donors (Lipinski definition) is 0. The highest BCUT2D eigenvalue weighted by atomic mass is 35.5. The summed E-state index contributed by atoms with van der Waals surface area (Å²) in [5.41, 5.74) is 4.25. The van der Waals surface area contributed by atoms with E-state index >= 15 is 0 Å². The van der Waals surface area contributed by atoms with Gasteiger partial charge in [-0.1, -0.05) is 40.9 Å². The number of benzene rings is 2. The van der Waals surface area contributed by atoms with E-state index in [1.165, 1.54) is 7.11 Å². The minimum atomic E-state index is -0.512. The average molecular weight is 473 g/mol. The number of ether oxygens (including phenoxy) is 2. The van der Waals surface area contributed by atoms with Crippen LogP contribution in [0.1, 0.15) is 22.5 Å². The number of esters is 1. The van der Waals surface area contributed by atoms with E-state index in [4.69, 9.17) is 32.7 Å². The van der Waals surface area contributed by atoms with Crippen molar-refractivity contribution in [3.8, 4) is 28.1 Å². The van der Waals surface area contributed by atoms with E-state index in [0.717, 1.165) is 35.2 Å². The summed E-state index contributed by atoms with van der Waals surface area (Å²) in [4.78, 5) is 18.9. The Hall–Kier alpha value is -2.60. The standard InChI is InChI=1S/C25H26Cl2N2O3/c1-16-6-9-20(26)19(14-16)18-8-11-22(25(30)31-4)28-24(18)17-7-10-21(27)23(15-17)32-13-5-12-29(2)3/h6-11,14-15H,5,12-13H2,1-4H3. The van der Waals surface area contributed by atoms with Gasteiger partial charge in [-0.15, -0.1) is 0 Å². The number of pyridine rings is 1. The van der Waals surface area contributed by atoms with Gasteiger partial charge in [-0.05, 0) is 63.8 Å². The van der Waals surface area contributed by atoms with E-state index in [2.05, 4.69) is 9.88 Å². The predicted octanol–water partition coefficient (Wildman–Crippen LogP) is 6.15. The van der Waals surface area contributed by atoms with Crippen LogP contribution in [0.2, 0.25) is 10.0 Å². The van der Waals surface area contributed by atoms with Crippen molar-refractivity contribution in [1.29, 1.82) is 0 Å². The quantitative estimate of drug-likeness (QED) is 0.290. The average Bonchev–Trinajstić information content (AvgIpc) is 2.78. The van der Waals surface area contributed by atoms with E-state index < -0.39 is 5.97 Å². The van der Waals surface area contributed by atoms with Gasteiger partial charge in [-0.25, -0.2) is 9.78 Å². The van der Waals surface area contributed by atoms with Gasteiger partial charge in [0, 0.05) is 28.3 Å². The molecule has 0 atom stereocenters. The molecular formula is C25H26Cl2N2O3. The van der Waals surface area contributed by atoms with Crippen LogP contribution >= 0.6 is 23.2 Å². The molecule has 0 bridgehead atoms. The Morgan fingerprint density at radius 3 is 2.47 bits per heavy atom. The number of halogens is 2. The van der Waals surface area contributed by atoms with Crippen LogP contribution < -0.4 is 4.74 Å². The molecule has 3 aromatic rings. The Bertz CT molecular complexity index is 1120. The third kappa shape index (κ3) is 5.80. The van der Waals surface area contributed by atoms with Crippen molar-refractivity contribution >= 4 is 29.2 Å². The number of aryl methyl sites for hydroxylation is 1. The Balaban J connectivity index is 2.07. The highest BCUT2D eigenvalue weighted by Crippen LogP contribution is 2.38. The van der Waals surface area contributed by atoms with Crippen LogP contribution in [-0.4, -0.2) is 50.2 Å². The summed E-state index contributed by atoms with van der Waals surface area (Å²) >= 11 is 12.9. The van der Waals surface area contributed by atoms with Crippen molar-refractivity contribution in [3.63, 3.8) is 0 Å². The van der Waals surface area contributed by atoms with Gasteiger partial charge in [-0.2, -0.15) is 0 Å². The first kappa shape index (κ1) is 24.1. The van der Waals surface area contributed by atoms with Crippen molar-refractivity contribution in [2.45, 2.75) is 13.3 Å². The fraction of sp³-hybridized carbons (Fsp3) is 0.280. The highest BCUT2D eigenvalue weighted by Gasteiger charge is 2.18. The van der Waals surface area contributed by atoms with E-state index in [9.17, 15) is 4.79 Å². The highest BCUT2D eigenvalue weighted by molar-refractivity contribution is 6.33. The van der Waals surface area contributed by atoms with E-state index in [-0.39, 0.29) is 5.69 Å². The second kappa shape index (κ2) is 10.8. The van der Waals surface area contributed by atoms with Crippen LogP contribution in [0, 0.1) is 6.92 Å². The molecule has 168 valence electrons. The molecule has 0 amide bonds. The maximum Gasteiger partial charge on any atom is 0.356 e. The largest absolute Gasteiger partial charge is 0.492 e. The van der Waals surface area contributed by atoms with Gasteiger partial charge in [0.2, 0.25) is 0 Å². The van der Waals surface area contributed by atoms with Crippen LogP contribution in [0.25, 0.3) is 22.4 Å². The Morgan fingerprint density at radius 1 is 1.00 bits per heavy atom. The lowest BCUT2D eigenvalue weighted by atomic mass is 9.97. The summed E-state index contributed by atoms with van der Waals surface area (Å²) < 4.78 is 10.8. The summed E-state index contributed by atoms with van der Waals surface area (Å²) in [6, 6.07) is 14.7. The monoisotopic (exact) mass is 472 g/mol. The number of aromatic nitrogens is 1. The molecule has 1 heterocycles. The van der Waals surface area contributed by atoms with Crippen LogP contribution in [0.4, 0.5) is 0 Å². The predicted molar refractivity (Wildman–Crippen MR) is 130 cm³/mol. The number of nitrogens with zero attached hydrogens (tertiary/aromatic N) is 2. The summed E-state index contributed by atoms with van der Waals surface area (Å²) in [6.07, 6.45) is 0.869. The molecule has 0 aliphatic rings. The van der Waals surface area contributed by atoms with Gasteiger partial charge in [0.15, 0.2) is 0 Å². The number of methoxy groups -OCH3 is 1. The molecule has 5 nitrogen and oxygen atoms in total. The van der Waals surface area contributed by atoms with Gasteiger partial charge in [0.1, 0.15) is 11.4 Å². The van der Waals surface area contributed by atoms with Gasteiger partial charge < -0.3 is 14.4 Å². The lowest BCUT2D eigenvalue weighted by molar-refractivity contribution is 0.0594. The van der Waals surface area contributed by atoms with Gasteiger partial charge >= 0.3 is 5.97 Å². The first-order chi connectivity index (χ1) is 15.3. The molecule has 0 saturated heterocycles. The maximum atomic E-state index is 12.2. The molecule has 0 aliphatic heterocycles. The molecule has 0 saturated carbocycles. The van der Waals surface area contributed by atoms with Crippen LogP contribution in [0.15, 0.2) is 48.5 Å². The lowest BCUT2D eigenvalue weighted by Gasteiger charge is -2.15. The Labute approximate surface area is 198 Å². The number of carbonyl (C=O) groups excluding carboxylic acids is 1. The number of rotatable bonds is 8. The molecule has 0 aliphatic carbocycles. The van der Waals surface area contributed by atoms with E-state index in [1.807, 2.05) is 57.4 Å². The van der Waals surface area contributed by atoms with Crippen molar-refractivity contribution in [2.75, 3.05) is 34.4 Å². The molecule has 1 aromatic heterocycles. The van der Waals surface area contributed by atoms with Gasteiger partial charge in [-0.3, -0.25) is 0 Å². The van der Waals surface area contributed by atoms with Crippen LogP contribution in [-0.2, 0) is 4.74 Å². The molecule has 2 aromatic carbocycles. The summed E-state index contributed by atoms with van der Waals surface area (Å²) in [6.45, 7) is 3.45. The summed E-state index contributed by atoms with van der Waals surface area (Å²) in [7, 11) is 5.37. The third-order valence-electron chi connectivity index (χ3n) is 4.91. The Kier molecular flexibility index (Phi) is 8.13. The van der Waals surface area contributed by atoms with Crippen molar-refractivity contribution < 1.29 is 14.3 Å². The maximum absolute atomic E-state index is 12.2. The third-order valence-corrected chi connectivity index (χ3v) is 5.56. The Morgan fingerprint density at radius 2 is 1.75 bits per heavy atom. The second-order valence-electron chi connectivity index (χ2n) is 7.72. The summed E-state index contributed by atoms with van der Waals surface area (Å²) in [5.74, 6) is 0.0525. The fourth-order valence-corrected chi connectivity index (χ4v) is 3.68. The van der Waals surface area contributed by atoms with Crippen molar-refractivity contribution in [2.24, 2.45) is 0 Å². The molecule has 32 heavy (non-hydrogen) atoms. The minimum absolute atomic E-state index is 0.207. The first-order valence-electron chi connectivity index (χ1n) is 10.2. The SMILES string of the molecule is COC(=O)c1ccc(-c2cc(C)ccc2Cl)c(-c2ccc(Cl)c(OCCCN(C)C)c2)n1. The zero-order chi connectivity index (χ0) is 23.3. The second-order valence-corrected chi connectivity index (χ2v) is 8.53. The van der Waals surface area contributed by atoms with E-state index in [0.29, 0.717) is 28.1 Å². The zero-order valence-corrected chi connectivity index (χ0v) is 20.1. The topological polar surface area (TPSA) is 51.7 Å². The molecule has 0 N–H and O–H groups in total. The number of hydrogen-bond acceptors (Lipinski definition) is 5. The molecule has 0 unspecified atom stereocenters. The molecule has 3 rings (SSSR count). The van der Waals surface area contributed by atoms with Crippen molar-refractivity contribution in [1.82, 2.24) is 9.88 Å². The molecule has 0 spiro atoms. The van der Waals surface area contributed by atoms with Gasteiger partial charge in [0.05, 0.1) is 24.4 Å². The summed E-state index contributed by atoms with van der Waals surface area (Å²) in [5, 5.41) is 1.11. The molecular weight excluding hydrogens is 447 g/mol. The van der Waals surface area contributed by atoms with Gasteiger partial charge in [0.25, 0.3) is 0 Å². The lowest BCUT2D eigenvalue weighted by Crippen LogP contribution is -2.15. The molecule has 7 heteroatoms. The van der Waals surface area contributed by atoms with Crippen LogP contribution in [0.3, 0.4) is 0 Å². The first-order valence-corrected chi connectivity index (χ1v) is 11.0. The normalized spacial score (nSPS) is 11.0. The molecule has 0 fully saturated rings. The minimum Gasteiger partial charge on any atom is -0.492 e. The van der Waals surface area contributed by atoms with Crippen molar-refractivity contribution in [3.05, 3.63) is 69.8 Å². The fourth-order valence-electron chi connectivity index (χ4n) is 3.28. The van der Waals surface area contributed by atoms with Crippen LogP contribution in [0.5, 0.6) is 5.75 Å². The molecule has 0 radical (unpaired) electrons. The van der Waals surface area contributed by atoms with E-state index in [1.54, 1.807) is 12.1 Å². The zero-order valence-electron chi connectivity index (χ0n) is 18.6.